The Kier molecular flexibility index (Phi) is 5.63. The second-order valence-corrected chi connectivity index (χ2v) is 5.18. The lowest BCUT2D eigenvalue weighted by atomic mass is 9.99. The van der Waals surface area contributed by atoms with E-state index in [1.54, 1.807) is 7.11 Å². The first kappa shape index (κ1) is 15.0. The molecule has 0 aliphatic rings. The van der Waals surface area contributed by atoms with Gasteiger partial charge in [-0.15, -0.1) is 0 Å². The van der Waals surface area contributed by atoms with E-state index in [9.17, 15) is 0 Å². The van der Waals surface area contributed by atoms with Gasteiger partial charge in [0.1, 0.15) is 5.75 Å². The largest absolute Gasteiger partial charge is 0.497 e. The quantitative estimate of drug-likeness (QED) is 0.843. The molecule has 0 spiro atoms. The van der Waals surface area contributed by atoms with Gasteiger partial charge in [-0.05, 0) is 37.6 Å². The molecule has 0 heterocycles. The summed E-state index contributed by atoms with van der Waals surface area (Å²) in [5.74, 6) is 1.49. The normalized spacial score (nSPS) is 14.9. The first-order valence-electron chi connectivity index (χ1n) is 6.57. The summed E-state index contributed by atoms with van der Waals surface area (Å²) >= 11 is 0. The Labute approximate surface area is 111 Å². The van der Waals surface area contributed by atoms with Gasteiger partial charge in [0.2, 0.25) is 0 Å². The van der Waals surface area contributed by atoms with Crippen molar-refractivity contribution in [3.05, 3.63) is 29.8 Å². The second kappa shape index (κ2) is 6.76. The molecule has 1 rings (SSSR count). The van der Waals surface area contributed by atoms with E-state index in [-0.39, 0.29) is 6.04 Å². The van der Waals surface area contributed by atoms with Crippen LogP contribution in [0.25, 0.3) is 0 Å². The van der Waals surface area contributed by atoms with Gasteiger partial charge < -0.3 is 10.5 Å². The zero-order chi connectivity index (χ0) is 13.7. The molecule has 0 bridgehead atoms. The van der Waals surface area contributed by atoms with Crippen LogP contribution in [0.3, 0.4) is 0 Å². The Morgan fingerprint density at radius 3 is 2.44 bits per heavy atom. The Morgan fingerprint density at radius 1 is 1.28 bits per heavy atom. The predicted octanol–water partition coefficient (Wildman–Crippen LogP) is 2.67. The van der Waals surface area contributed by atoms with Gasteiger partial charge in [0, 0.05) is 18.6 Å². The zero-order valence-electron chi connectivity index (χ0n) is 12.2. The van der Waals surface area contributed by atoms with E-state index in [1.165, 1.54) is 5.56 Å². The molecule has 1 aromatic carbocycles. The lowest BCUT2D eigenvalue weighted by molar-refractivity contribution is 0.151. The van der Waals surface area contributed by atoms with E-state index >= 15 is 0 Å². The topological polar surface area (TPSA) is 38.5 Å². The fourth-order valence-corrected chi connectivity index (χ4v) is 2.14. The molecule has 0 amide bonds. The van der Waals surface area contributed by atoms with Crippen molar-refractivity contribution in [1.82, 2.24) is 4.90 Å². The van der Waals surface area contributed by atoms with E-state index in [2.05, 4.69) is 44.9 Å². The van der Waals surface area contributed by atoms with Gasteiger partial charge in [-0.1, -0.05) is 26.0 Å². The number of nitrogens with zero attached hydrogens (tertiary/aromatic N) is 1. The lowest BCUT2D eigenvalue weighted by Gasteiger charge is -2.35. The van der Waals surface area contributed by atoms with Crippen molar-refractivity contribution in [2.45, 2.75) is 32.9 Å². The molecule has 3 heteroatoms. The molecular formula is C15H26N2O. The molecular weight excluding hydrogens is 224 g/mol. The van der Waals surface area contributed by atoms with Gasteiger partial charge in [0.25, 0.3) is 0 Å². The molecule has 0 aromatic heterocycles. The molecule has 102 valence electrons. The van der Waals surface area contributed by atoms with Gasteiger partial charge in [-0.3, -0.25) is 4.90 Å². The summed E-state index contributed by atoms with van der Waals surface area (Å²) in [4.78, 5) is 2.35. The molecule has 2 unspecified atom stereocenters. The Hall–Kier alpha value is -1.06. The first-order valence-corrected chi connectivity index (χ1v) is 6.57. The summed E-state index contributed by atoms with van der Waals surface area (Å²) in [6.45, 7) is 7.33. The molecule has 0 radical (unpaired) electrons. The minimum absolute atomic E-state index is 0.234. The van der Waals surface area contributed by atoms with E-state index in [1.807, 2.05) is 12.1 Å². The predicted molar refractivity (Wildman–Crippen MR) is 76.9 cm³/mol. The number of hydrogen-bond donors (Lipinski definition) is 1. The number of ether oxygens (including phenoxy) is 1. The van der Waals surface area contributed by atoms with Crippen LogP contribution in [0, 0.1) is 5.92 Å². The standard InChI is InChI=1S/C15H26N2O/c1-11(2)12(3)17(4)15(10-16)13-7-6-8-14(9-13)18-5/h6-9,11-12,15H,10,16H2,1-5H3. The van der Waals surface area contributed by atoms with Crippen molar-refractivity contribution < 1.29 is 4.74 Å². The number of nitrogens with two attached hydrogens (primary N) is 1. The van der Waals surface area contributed by atoms with Crippen LogP contribution in [0.2, 0.25) is 0 Å². The van der Waals surface area contributed by atoms with E-state index in [4.69, 9.17) is 10.5 Å². The van der Waals surface area contributed by atoms with Crippen LogP contribution < -0.4 is 10.5 Å². The van der Waals surface area contributed by atoms with Crippen LogP contribution in [-0.2, 0) is 0 Å². The fraction of sp³-hybridized carbons (Fsp3) is 0.600. The highest BCUT2D eigenvalue weighted by Gasteiger charge is 2.22. The summed E-state index contributed by atoms with van der Waals surface area (Å²) < 4.78 is 5.28. The van der Waals surface area contributed by atoms with Crippen molar-refractivity contribution >= 4 is 0 Å². The van der Waals surface area contributed by atoms with E-state index in [0.717, 1.165) is 5.75 Å². The molecule has 1 aromatic rings. The first-order chi connectivity index (χ1) is 8.51. The average molecular weight is 250 g/mol. The van der Waals surface area contributed by atoms with Crippen LogP contribution in [0.4, 0.5) is 0 Å². The van der Waals surface area contributed by atoms with Gasteiger partial charge in [0.05, 0.1) is 7.11 Å². The van der Waals surface area contributed by atoms with Crippen LogP contribution in [-0.4, -0.2) is 31.6 Å². The maximum Gasteiger partial charge on any atom is 0.119 e. The minimum atomic E-state index is 0.234. The molecule has 18 heavy (non-hydrogen) atoms. The maximum absolute atomic E-state index is 5.95. The van der Waals surface area contributed by atoms with Crippen molar-refractivity contribution in [2.24, 2.45) is 11.7 Å². The van der Waals surface area contributed by atoms with E-state index in [0.29, 0.717) is 18.5 Å². The number of methoxy groups -OCH3 is 1. The summed E-state index contributed by atoms with van der Waals surface area (Å²) in [5, 5.41) is 0. The molecule has 0 saturated heterocycles. The van der Waals surface area contributed by atoms with Crippen molar-refractivity contribution in [2.75, 3.05) is 20.7 Å². The number of likely N-dealkylation sites (N-methyl/N-ethyl adjacent to an activating group) is 1. The fourth-order valence-electron chi connectivity index (χ4n) is 2.14. The summed E-state index contributed by atoms with van der Waals surface area (Å²) in [6.07, 6.45) is 0. The van der Waals surface area contributed by atoms with Crippen LogP contribution >= 0.6 is 0 Å². The highest BCUT2D eigenvalue weighted by atomic mass is 16.5. The third-order valence-corrected chi connectivity index (χ3v) is 3.80. The highest BCUT2D eigenvalue weighted by Crippen LogP contribution is 2.25. The number of hydrogen-bond acceptors (Lipinski definition) is 3. The van der Waals surface area contributed by atoms with Crippen LogP contribution in [0.5, 0.6) is 5.75 Å². The Morgan fingerprint density at radius 2 is 1.94 bits per heavy atom. The lowest BCUT2D eigenvalue weighted by Crippen LogP contribution is -2.39. The minimum Gasteiger partial charge on any atom is -0.497 e. The monoisotopic (exact) mass is 250 g/mol. The van der Waals surface area contributed by atoms with Gasteiger partial charge in [-0.25, -0.2) is 0 Å². The Balaban J connectivity index is 2.94. The third-order valence-electron chi connectivity index (χ3n) is 3.80. The smallest absolute Gasteiger partial charge is 0.119 e. The maximum atomic E-state index is 5.95. The number of rotatable bonds is 6. The van der Waals surface area contributed by atoms with Gasteiger partial charge in [0.15, 0.2) is 0 Å². The summed E-state index contributed by atoms with van der Waals surface area (Å²) in [6, 6.07) is 8.89. The van der Waals surface area contributed by atoms with Crippen LogP contribution in [0.15, 0.2) is 24.3 Å². The summed E-state index contributed by atoms with van der Waals surface area (Å²) in [5.41, 5.74) is 7.17. The SMILES string of the molecule is COc1cccc(C(CN)N(C)C(C)C(C)C)c1. The van der Waals surface area contributed by atoms with Crippen molar-refractivity contribution in [1.29, 1.82) is 0 Å². The van der Waals surface area contributed by atoms with Gasteiger partial charge in [-0.2, -0.15) is 0 Å². The zero-order valence-corrected chi connectivity index (χ0v) is 12.2. The van der Waals surface area contributed by atoms with E-state index < -0.39 is 0 Å². The molecule has 0 aliphatic heterocycles. The molecule has 3 nitrogen and oxygen atoms in total. The molecule has 2 atom stereocenters. The molecule has 0 fully saturated rings. The van der Waals surface area contributed by atoms with Gasteiger partial charge >= 0.3 is 0 Å². The summed E-state index contributed by atoms with van der Waals surface area (Å²) in [7, 11) is 3.83. The molecule has 0 aliphatic carbocycles. The second-order valence-electron chi connectivity index (χ2n) is 5.18. The van der Waals surface area contributed by atoms with Crippen LogP contribution in [0.1, 0.15) is 32.4 Å². The molecule has 0 saturated carbocycles. The average Bonchev–Trinajstić information content (AvgIpc) is 2.38. The van der Waals surface area contributed by atoms with Crippen molar-refractivity contribution in [3.8, 4) is 5.75 Å². The van der Waals surface area contributed by atoms with Crippen molar-refractivity contribution in [3.63, 3.8) is 0 Å². The highest BCUT2D eigenvalue weighted by molar-refractivity contribution is 5.30. The third kappa shape index (κ3) is 3.47. The Bertz CT molecular complexity index is 365. The number of benzene rings is 1. The molecule has 2 N–H and O–H groups in total.